The van der Waals surface area contributed by atoms with Crippen LogP contribution in [0.1, 0.15) is 16.8 Å². The molecule has 0 aliphatic heterocycles. The first-order valence-corrected chi connectivity index (χ1v) is 6.77. The van der Waals surface area contributed by atoms with Gasteiger partial charge in [0.05, 0.1) is 0 Å². The van der Waals surface area contributed by atoms with E-state index in [1.54, 1.807) is 54.6 Å². The summed E-state index contributed by atoms with van der Waals surface area (Å²) in [6, 6.07) is 14.3. The van der Waals surface area contributed by atoms with E-state index in [1.807, 2.05) is 0 Å². The Morgan fingerprint density at radius 1 is 1.05 bits per heavy atom. The maximum atomic E-state index is 12.1. The summed E-state index contributed by atoms with van der Waals surface area (Å²) >= 11 is 5.78. The first-order valence-electron chi connectivity index (χ1n) is 6.39. The van der Waals surface area contributed by atoms with Crippen molar-refractivity contribution in [3.63, 3.8) is 0 Å². The number of benzene rings is 2. The standard InChI is InChI=1S/C16H14ClNO3/c17-12-6-8-13(9-7-12)18-14(16(20)21)10-15(19)11-4-2-1-3-5-11/h1-9,14,18H,10H2,(H,20,21)/t14-/m1/s1. The van der Waals surface area contributed by atoms with Crippen molar-refractivity contribution in [2.75, 3.05) is 5.32 Å². The molecular formula is C16H14ClNO3. The number of carbonyl (C=O) groups excluding carboxylic acids is 1. The van der Waals surface area contributed by atoms with Gasteiger partial charge >= 0.3 is 5.97 Å². The van der Waals surface area contributed by atoms with Crippen LogP contribution in [-0.2, 0) is 4.79 Å². The molecule has 21 heavy (non-hydrogen) atoms. The maximum Gasteiger partial charge on any atom is 0.326 e. The lowest BCUT2D eigenvalue weighted by atomic mass is 10.0. The molecule has 0 saturated carbocycles. The molecule has 0 aliphatic rings. The maximum absolute atomic E-state index is 12.1. The highest BCUT2D eigenvalue weighted by atomic mass is 35.5. The van der Waals surface area contributed by atoms with Crippen LogP contribution in [0.25, 0.3) is 0 Å². The Bertz CT molecular complexity index is 626. The Labute approximate surface area is 127 Å². The molecule has 0 aromatic heterocycles. The smallest absolute Gasteiger partial charge is 0.326 e. The summed E-state index contributed by atoms with van der Waals surface area (Å²) in [5.74, 6) is -1.29. The van der Waals surface area contributed by atoms with Gasteiger partial charge in [-0.2, -0.15) is 0 Å². The molecule has 2 rings (SSSR count). The van der Waals surface area contributed by atoms with Crippen molar-refractivity contribution in [2.24, 2.45) is 0 Å². The molecule has 0 unspecified atom stereocenters. The summed E-state index contributed by atoms with van der Waals surface area (Å²) in [6.45, 7) is 0. The predicted octanol–water partition coefficient (Wildman–Crippen LogP) is 3.48. The van der Waals surface area contributed by atoms with Gasteiger partial charge in [0.1, 0.15) is 6.04 Å². The van der Waals surface area contributed by atoms with E-state index < -0.39 is 12.0 Å². The summed E-state index contributed by atoms with van der Waals surface area (Å²) in [5.41, 5.74) is 1.11. The third kappa shape index (κ3) is 4.33. The van der Waals surface area contributed by atoms with E-state index in [2.05, 4.69) is 5.32 Å². The predicted molar refractivity (Wildman–Crippen MR) is 81.9 cm³/mol. The molecule has 0 spiro atoms. The van der Waals surface area contributed by atoms with Gasteiger partial charge in [-0.1, -0.05) is 41.9 Å². The second kappa shape index (κ2) is 6.90. The van der Waals surface area contributed by atoms with Gasteiger partial charge in [0.15, 0.2) is 5.78 Å². The third-order valence-electron chi connectivity index (χ3n) is 2.97. The van der Waals surface area contributed by atoms with Gasteiger partial charge in [-0.15, -0.1) is 0 Å². The highest BCUT2D eigenvalue weighted by molar-refractivity contribution is 6.30. The number of carboxylic acid groups (broad SMARTS) is 1. The molecule has 2 N–H and O–H groups in total. The zero-order chi connectivity index (χ0) is 15.2. The van der Waals surface area contributed by atoms with E-state index in [0.29, 0.717) is 16.3 Å². The zero-order valence-corrected chi connectivity index (χ0v) is 11.9. The van der Waals surface area contributed by atoms with E-state index in [1.165, 1.54) is 0 Å². The second-order valence-corrected chi connectivity index (χ2v) is 4.97. The van der Waals surface area contributed by atoms with Crippen LogP contribution in [0.3, 0.4) is 0 Å². The number of Topliss-reactive ketones (excluding diaryl/α,β-unsaturated/α-hetero) is 1. The van der Waals surface area contributed by atoms with E-state index in [0.717, 1.165) is 0 Å². The summed E-state index contributed by atoms with van der Waals surface area (Å²) in [6.07, 6.45) is -0.123. The minimum Gasteiger partial charge on any atom is -0.480 e. The van der Waals surface area contributed by atoms with E-state index in [9.17, 15) is 14.7 Å². The fourth-order valence-electron chi connectivity index (χ4n) is 1.87. The van der Waals surface area contributed by atoms with Crippen molar-refractivity contribution >= 4 is 29.0 Å². The molecular weight excluding hydrogens is 290 g/mol. The number of hydrogen-bond donors (Lipinski definition) is 2. The molecule has 108 valence electrons. The first-order chi connectivity index (χ1) is 10.1. The van der Waals surface area contributed by atoms with Crippen LogP contribution >= 0.6 is 11.6 Å². The van der Waals surface area contributed by atoms with E-state index in [-0.39, 0.29) is 12.2 Å². The average molecular weight is 304 g/mol. The van der Waals surface area contributed by atoms with Gasteiger partial charge in [-0.25, -0.2) is 4.79 Å². The number of nitrogens with one attached hydrogen (secondary N) is 1. The summed E-state index contributed by atoms with van der Waals surface area (Å²) in [5, 5.41) is 12.6. The molecule has 4 nitrogen and oxygen atoms in total. The molecule has 0 aliphatic carbocycles. The average Bonchev–Trinajstić information content (AvgIpc) is 2.49. The number of ketones is 1. The van der Waals surface area contributed by atoms with Gasteiger partial charge in [0.25, 0.3) is 0 Å². The van der Waals surface area contributed by atoms with Crippen molar-refractivity contribution < 1.29 is 14.7 Å². The molecule has 0 saturated heterocycles. The second-order valence-electron chi connectivity index (χ2n) is 4.54. The molecule has 0 amide bonds. The lowest BCUT2D eigenvalue weighted by Crippen LogP contribution is -2.31. The molecule has 0 fully saturated rings. The number of hydrogen-bond acceptors (Lipinski definition) is 3. The third-order valence-corrected chi connectivity index (χ3v) is 3.22. The number of rotatable bonds is 6. The quantitative estimate of drug-likeness (QED) is 0.802. The Morgan fingerprint density at radius 3 is 2.24 bits per heavy atom. The zero-order valence-electron chi connectivity index (χ0n) is 11.1. The number of carbonyl (C=O) groups is 2. The van der Waals surface area contributed by atoms with Crippen LogP contribution in [-0.4, -0.2) is 22.9 Å². The highest BCUT2D eigenvalue weighted by Crippen LogP contribution is 2.16. The SMILES string of the molecule is O=C(C[C@@H](Nc1ccc(Cl)cc1)C(=O)O)c1ccccc1. The van der Waals surface area contributed by atoms with Crippen LogP contribution in [0.15, 0.2) is 54.6 Å². The lowest BCUT2D eigenvalue weighted by molar-refractivity contribution is -0.137. The molecule has 2 aromatic rings. The minimum absolute atomic E-state index is 0.123. The van der Waals surface area contributed by atoms with Gasteiger partial charge in [0, 0.05) is 22.7 Å². The molecule has 2 aromatic carbocycles. The van der Waals surface area contributed by atoms with E-state index in [4.69, 9.17) is 11.6 Å². The minimum atomic E-state index is -1.07. The van der Waals surface area contributed by atoms with Gasteiger partial charge < -0.3 is 10.4 Å². The van der Waals surface area contributed by atoms with Crippen molar-refractivity contribution in [1.29, 1.82) is 0 Å². The van der Waals surface area contributed by atoms with Crippen molar-refractivity contribution in [1.82, 2.24) is 0 Å². The fraction of sp³-hybridized carbons (Fsp3) is 0.125. The Kier molecular flexibility index (Phi) is 4.95. The van der Waals surface area contributed by atoms with Gasteiger partial charge in [-0.05, 0) is 24.3 Å². The van der Waals surface area contributed by atoms with E-state index >= 15 is 0 Å². The number of halogens is 1. The van der Waals surface area contributed by atoms with Gasteiger partial charge in [0.2, 0.25) is 0 Å². The topological polar surface area (TPSA) is 66.4 Å². The molecule has 5 heteroatoms. The van der Waals surface area contributed by atoms with Crippen molar-refractivity contribution in [2.45, 2.75) is 12.5 Å². The normalized spacial score (nSPS) is 11.7. The van der Waals surface area contributed by atoms with Crippen molar-refractivity contribution in [3.8, 4) is 0 Å². The van der Waals surface area contributed by atoms with Crippen LogP contribution < -0.4 is 5.32 Å². The Hall–Kier alpha value is -2.33. The fourth-order valence-corrected chi connectivity index (χ4v) is 2.00. The summed E-state index contributed by atoms with van der Waals surface area (Å²) in [4.78, 5) is 23.4. The molecule has 0 radical (unpaired) electrons. The van der Waals surface area contributed by atoms with Crippen LogP contribution in [0, 0.1) is 0 Å². The molecule has 1 atom stereocenters. The van der Waals surface area contributed by atoms with Crippen LogP contribution in [0.5, 0.6) is 0 Å². The Balaban J connectivity index is 2.07. The lowest BCUT2D eigenvalue weighted by Gasteiger charge is -2.15. The molecule has 0 bridgehead atoms. The van der Waals surface area contributed by atoms with Crippen LogP contribution in [0.4, 0.5) is 5.69 Å². The number of carboxylic acids is 1. The Morgan fingerprint density at radius 2 is 1.67 bits per heavy atom. The first kappa shape index (κ1) is 15.1. The number of aliphatic carboxylic acids is 1. The molecule has 0 heterocycles. The van der Waals surface area contributed by atoms with Gasteiger partial charge in [-0.3, -0.25) is 4.79 Å². The highest BCUT2D eigenvalue weighted by Gasteiger charge is 2.21. The summed E-state index contributed by atoms with van der Waals surface area (Å²) in [7, 11) is 0. The monoisotopic (exact) mass is 303 g/mol. The summed E-state index contributed by atoms with van der Waals surface area (Å²) < 4.78 is 0. The number of anilines is 1. The largest absolute Gasteiger partial charge is 0.480 e. The van der Waals surface area contributed by atoms with Crippen LogP contribution in [0.2, 0.25) is 5.02 Å². The van der Waals surface area contributed by atoms with Crippen molar-refractivity contribution in [3.05, 3.63) is 65.2 Å².